The van der Waals surface area contributed by atoms with Crippen LogP contribution in [0.1, 0.15) is 11.1 Å². The van der Waals surface area contributed by atoms with Crippen molar-refractivity contribution >= 4 is 21.6 Å². The van der Waals surface area contributed by atoms with Gasteiger partial charge in [0.2, 0.25) is 5.88 Å². The van der Waals surface area contributed by atoms with Crippen molar-refractivity contribution in [1.29, 1.82) is 0 Å². The van der Waals surface area contributed by atoms with Gasteiger partial charge in [-0.15, -0.1) is 5.10 Å². The molecule has 0 unspecified atom stereocenters. The third kappa shape index (κ3) is 3.44. The van der Waals surface area contributed by atoms with Gasteiger partial charge in [-0.05, 0) is 46.6 Å². The molecule has 24 heavy (non-hydrogen) atoms. The summed E-state index contributed by atoms with van der Waals surface area (Å²) < 4.78 is 8.64. The van der Waals surface area contributed by atoms with Gasteiger partial charge < -0.3 is 9.75 Å². The lowest BCUT2D eigenvalue weighted by Crippen LogP contribution is -2.26. The van der Waals surface area contributed by atoms with Crippen molar-refractivity contribution in [3.05, 3.63) is 70.3 Å². The summed E-state index contributed by atoms with van der Waals surface area (Å²) in [6.45, 7) is 2.46. The molecule has 0 aliphatic rings. The minimum atomic E-state index is 0.413. The average molecular weight is 387 g/mol. The zero-order chi connectivity index (χ0) is 17.1. The molecule has 1 heterocycles. The van der Waals surface area contributed by atoms with E-state index in [4.69, 9.17) is 10.6 Å². The third-order valence-electron chi connectivity index (χ3n) is 3.79. The molecule has 0 atom stereocenters. The lowest BCUT2D eigenvalue weighted by atomic mass is 10.1. The van der Waals surface area contributed by atoms with Gasteiger partial charge in [0.15, 0.2) is 0 Å². The van der Waals surface area contributed by atoms with Gasteiger partial charge in [-0.3, -0.25) is 0 Å². The maximum atomic E-state index is 5.90. The molecule has 0 saturated heterocycles. The number of hydrogen-bond acceptors (Lipinski definition) is 4. The van der Waals surface area contributed by atoms with Gasteiger partial charge >= 0.3 is 0 Å². The molecule has 0 aliphatic carbocycles. The lowest BCUT2D eigenvalue weighted by Gasteiger charge is -2.18. The predicted molar refractivity (Wildman–Crippen MR) is 99.4 cm³/mol. The first-order valence-corrected chi connectivity index (χ1v) is 8.36. The van der Waals surface area contributed by atoms with Crippen LogP contribution in [0.15, 0.2) is 59.2 Å². The van der Waals surface area contributed by atoms with Gasteiger partial charge in [0.1, 0.15) is 6.61 Å². The van der Waals surface area contributed by atoms with Crippen LogP contribution in [0, 0.1) is 6.92 Å². The number of rotatable bonds is 5. The first kappa shape index (κ1) is 16.5. The first-order valence-electron chi connectivity index (χ1n) is 7.56. The van der Waals surface area contributed by atoms with Crippen LogP contribution in [0.25, 0.3) is 5.69 Å². The molecule has 0 amide bonds. The summed E-state index contributed by atoms with van der Waals surface area (Å²) in [7, 11) is 1.82. The summed E-state index contributed by atoms with van der Waals surface area (Å²) in [4.78, 5) is 0. The standard InChI is InChI=1S/C18H19BrN4O/c1-13-6-5-9-16(22(2)20)14(13)12-24-18-10-11-23(21-18)17-8-4-3-7-15(17)19/h3-11H,12,20H2,1-2H3. The molecule has 0 spiro atoms. The van der Waals surface area contributed by atoms with Crippen LogP contribution in [-0.4, -0.2) is 16.8 Å². The van der Waals surface area contributed by atoms with Crippen molar-refractivity contribution in [2.75, 3.05) is 12.1 Å². The summed E-state index contributed by atoms with van der Waals surface area (Å²) in [5, 5.41) is 6.08. The van der Waals surface area contributed by atoms with Crippen LogP contribution in [0.2, 0.25) is 0 Å². The van der Waals surface area contributed by atoms with Gasteiger partial charge in [0.25, 0.3) is 0 Å². The van der Waals surface area contributed by atoms with Crippen LogP contribution in [0.3, 0.4) is 0 Å². The Morgan fingerprint density at radius 3 is 2.71 bits per heavy atom. The Labute approximate surface area is 149 Å². The second kappa shape index (κ2) is 7.07. The van der Waals surface area contributed by atoms with E-state index in [1.165, 1.54) is 0 Å². The van der Waals surface area contributed by atoms with E-state index in [-0.39, 0.29) is 0 Å². The summed E-state index contributed by atoms with van der Waals surface area (Å²) in [6.07, 6.45) is 1.88. The summed E-state index contributed by atoms with van der Waals surface area (Å²) in [6, 6.07) is 15.8. The SMILES string of the molecule is Cc1cccc(N(C)N)c1COc1ccn(-c2ccccc2Br)n1. The molecule has 3 rings (SSSR count). The van der Waals surface area contributed by atoms with Crippen LogP contribution < -0.4 is 15.6 Å². The quantitative estimate of drug-likeness (QED) is 0.534. The Morgan fingerprint density at radius 2 is 1.96 bits per heavy atom. The molecular weight excluding hydrogens is 368 g/mol. The number of aryl methyl sites for hydroxylation is 1. The van der Waals surface area contributed by atoms with Gasteiger partial charge in [0, 0.05) is 29.3 Å². The Balaban J connectivity index is 1.79. The lowest BCUT2D eigenvalue weighted by molar-refractivity contribution is 0.291. The molecule has 3 aromatic rings. The smallest absolute Gasteiger partial charge is 0.233 e. The second-order valence-electron chi connectivity index (χ2n) is 5.52. The first-order chi connectivity index (χ1) is 11.6. The number of hydrazine groups is 1. The van der Waals surface area contributed by atoms with E-state index >= 15 is 0 Å². The number of halogens is 1. The van der Waals surface area contributed by atoms with E-state index in [2.05, 4.69) is 21.0 Å². The fourth-order valence-corrected chi connectivity index (χ4v) is 2.97. The average Bonchev–Trinajstić information content (AvgIpc) is 3.02. The third-order valence-corrected chi connectivity index (χ3v) is 4.46. The van der Waals surface area contributed by atoms with Gasteiger partial charge in [-0.2, -0.15) is 0 Å². The molecular formula is C18H19BrN4O. The maximum absolute atomic E-state index is 5.90. The molecule has 1 aromatic heterocycles. The highest BCUT2D eigenvalue weighted by atomic mass is 79.9. The van der Waals surface area contributed by atoms with Gasteiger partial charge in [-0.1, -0.05) is 24.3 Å². The molecule has 124 valence electrons. The number of anilines is 1. The normalized spacial score (nSPS) is 10.7. The second-order valence-corrected chi connectivity index (χ2v) is 6.38. The number of hydrogen-bond donors (Lipinski definition) is 1. The van der Waals surface area contributed by atoms with Crippen LogP contribution in [0.4, 0.5) is 5.69 Å². The molecule has 0 aliphatic heterocycles. The highest BCUT2D eigenvalue weighted by Gasteiger charge is 2.10. The van der Waals surface area contributed by atoms with Crippen molar-refractivity contribution in [2.45, 2.75) is 13.5 Å². The van der Waals surface area contributed by atoms with Crippen molar-refractivity contribution < 1.29 is 4.74 Å². The summed E-state index contributed by atoms with van der Waals surface area (Å²) >= 11 is 3.53. The highest BCUT2D eigenvalue weighted by Crippen LogP contribution is 2.24. The van der Waals surface area contributed by atoms with E-state index in [9.17, 15) is 0 Å². The van der Waals surface area contributed by atoms with Gasteiger partial charge in [0.05, 0.1) is 11.4 Å². The Bertz CT molecular complexity index is 845. The number of ether oxygens (including phenoxy) is 1. The topological polar surface area (TPSA) is 56.3 Å². The number of nitrogens with two attached hydrogens (primary N) is 1. The zero-order valence-electron chi connectivity index (χ0n) is 13.6. The van der Waals surface area contributed by atoms with Gasteiger partial charge in [-0.25, -0.2) is 10.5 Å². The fraction of sp³-hybridized carbons (Fsp3) is 0.167. The van der Waals surface area contributed by atoms with E-state index in [1.54, 1.807) is 9.69 Å². The predicted octanol–water partition coefficient (Wildman–Crippen LogP) is 3.83. The molecule has 0 fully saturated rings. The van der Waals surface area contributed by atoms with Crippen molar-refractivity contribution in [3.63, 3.8) is 0 Å². The minimum absolute atomic E-state index is 0.413. The monoisotopic (exact) mass is 386 g/mol. The van der Waals surface area contributed by atoms with E-state index in [0.29, 0.717) is 12.5 Å². The Morgan fingerprint density at radius 1 is 1.17 bits per heavy atom. The maximum Gasteiger partial charge on any atom is 0.233 e. The summed E-state index contributed by atoms with van der Waals surface area (Å²) in [5.74, 6) is 6.47. The largest absolute Gasteiger partial charge is 0.472 e. The molecule has 5 nitrogen and oxygen atoms in total. The van der Waals surface area contributed by atoms with Crippen molar-refractivity contribution in [1.82, 2.24) is 9.78 Å². The molecule has 2 N–H and O–H groups in total. The number of benzene rings is 2. The number of aromatic nitrogens is 2. The van der Waals surface area contributed by atoms with E-state index in [0.717, 1.165) is 27.0 Å². The Hall–Kier alpha value is -2.31. The fourth-order valence-electron chi connectivity index (χ4n) is 2.51. The van der Waals surface area contributed by atoms with E-state index in [1.807, 2.05) is 68.7 Å². The molecule has 0 saturated carbocycles. The number of para-hydroxylation sites is 1. The molecule has 6 heteroatoms. The molecule has 2 aromatic carbocycles. The van der Waals surface area contributed by atoms with Crippen molar-refractivity contribution in [2.24, 2.45) is 5.84 Å². The molecule has 0 radical (unpaired) electrons. The van der Waals surface area contributed by atoms with Crippen LogP contribution >= 0.6 is 15.9 Å². The highest BCUT2D eigenvalue weighted by molar-refractivity contribution is 9.10. The van der Waals surface area contributed by atoms with E-state index < -0.39 is 0 Å². The minimum Gasteiger partial charge on any atom is -0.472 e. The molecule has 0 bridgehead atoms. The van der Waals surface area contributed by atoms with Crippen LogP contribution in [0.5, 0.6) is 5.88 Å². The number of nitrogens with zero attached hydrogens (tertiary/aromatic N) is 3. The summed E-state index contributed by atoms with van der Waals surface area (Å²) in [5.41, 5.74) is 4.10. The zero-order valence-corrected chi connectivity index (χ0v) is 15.2. The van der Waals surface area contributed by atoms with Crippen LogP contribution in [-0.2, 0) is 6.61 Å². The van der Waals surface area contributed by atoms with Crippen molar-refractivity contribution in [3.8, 4) is 11.6 Å². The Kier molecular flexibility index (Phi) is 4.87.